The molecule has 0 aliphatic rings. The summed E-state index contributed by atoms with van der Waals surface area (Å²) < 4.78 is 33.9. The van der Waals surface area contributed by atoms with E-state index in [1.807, 2.05) is 0 Å². The molecule has 1 heterocycles. The molecule has 3 aromatic carbocycles. The number of para-hydroxylation sites is 1. The average molecular weight is 529 g/mol. The quantitative estimate of drug-likeness (QED) is 0.185. The molecular weight excluding hydrogens is 509 g/mol. The number of imidazole rings is 1. The van der Waals surface area contributed by atoms with E-state index in [1.54, 1.807) is 37.3 Å². The predicted octanol–water partition coefficient (Wildman–Crippen LogP) is 6.84. The number of Topliss-reactive ketones (excluding diaryl/α,β-unsaturated/α-hetero) is 1. The van der Waals surface area contributed by atoms with E-state index in [9.17, 15) is 18.4 Å². The molecule has 0 aliphatic carbocycles. The monoisotopic (exact) mass is 528 g/mol. The van der Waals surface area contributed by atoms with Crippen LogP contribution in [0.25, 0.3) is 5.69 Å². The molecule has 0 radical (unpaired) electrons. The third-order valence-corrected chi connectivity index (χ3v) is 6.19. The second-order valence-electron chi connectivity index (χ2n) is 7.89. The highest BCUT2D eigenvalue weighted by Crippen LogP contribution is 2.35. The zero-order valence-corrected chi connectivity index (χ0v) is 20.6. The lowest BCUT2D eigenvalue weighted by Gasteiger charge is -2.21. The minimum atomic E-state index is -1.00. The number of aromatic nitrogens is 2. The van der Waals surface area contributed by atoms with Crippen LogP contribution in [0.4, 0.5) is 8.78 Å². The first-order valence-electron chi connectivity index (χ1n) is 11.0. The van der Waals surface area contributed by atoms with Crippen LogP contribution in [0, 0.1) is 11.6 Å². The van der Waals surface area contributed by atoms with Gasteiger partial charge < -0.3 is 4.74 Å². The van der Waals surface area contributed by atoms with Crippen LogP contribution < -0.4 is 0 Å². The maximum Gasteiger partial charge on any atom is 0.358 e. The molecule has 0 aliphatic heterocycles. The summed E-state index contributed by atoms with van der Waals surface area (Å²) >= 11 is 12.9. The standard InChI is InChI=1S/C27H20Cl2F2N2O3/c1-2-36-27(35)23-24(33(15-32-23)25-21(28)4-3-5-22(25)29)20(14-16-6-10-18(30)11-7-16)26(34)17-8-12-19(31)13-9-17/h3-13,15,20H,2,14H2,1H3. The van der Waals surface area contributed by atoms with E-state index in [0.29, 0.717) is 11.3 Å². The van der Waals surface area contributed by atoms with Crippen LogP contribution in [0.3, 0.4) is 0 Å². The summed E-state index contributed by atoms with van der Waals surface area (Å²) in [5.74, 6) is -3.07. The number of rotatable bonds is 8. The van der Waals surface area contributed by atoms with Crippen LogP contribution in [0.15, 0.2) is 73.1 Å². The maximum atomic E-state index is 13.9. The average Bonchev–Trinajstić information content (AvgIpc) is 3.28. The SMILES string of the molecule is CCOC(=O)c1ncn(-c2c(Cl)cccc2Cl)c1C(Cc1ccc(F)cc1)C(=O)c1ccc(F)cc1. The smallest absolute Gasteiger partial charge is 0.358 e. The first kappa shape index (κ1) is 25.5. The fourth-order valence-electron chi connectivity index (χ4n) is 3.93. The van der Waals surface area contributed by atoms with Crippen LogP contribution in [0.2, 0.25) is 10.0 Å². The Kier molecular flexibility index (Phi) is 7.82. The van der Waals surface area contributed by atoms with Crippen LogP contribution in [0.1, 0.15) is 44.9 Å². The van der Waals surface area contributed by atoms with Crippen LogP contribution in [0.5, 0.6) is 0 Å². The van der Waals surface area contributed by atoms with Crippen molar-refractivity contribution in [3.05, 3.63) is 117 Å². The molecule has 4 aromatic rings. The van der Waals surface area contributed by atoms with Gasteiger partial charge in [-0.15, -0.1) is 0 Å². The molecule has 0 saturated heterocycles. The van der Waals surface area contributed by atoms with Gasteiger partial charge in [-0.2, -0.15) is 0 Å². The number of esters is 1. The van der Waals surface area contributed by atoms with E-state index < -0.39 is 29.3 Å². The highest BCUT2D eigenvalue weighted by Gasteiger charge is 2.33. The molecule has 184 valence electrons. The van der Waals surface area contributed by atoms with Gasteiger partial charge >= 0.3 is 5.97 Å². The van der Waals surface area contributed by atoms with Crippen molar-refractivity contribution in [3.63, 3.8) is 0 Å². The summed E-state index contributed by atoms with van der Waals surface area (Å²) in [6.45, 7) is 1.74. The van der Waals surface area contributed by atoms with Crippen LogP contribution in [-0.4, -0.2) is 27.9 Å². The maximum absolute atomic E-state index is 13.9. The highest BCUT2D eigenvalue weighted by molar-refractivity contribution is 6.37. The van der Waals surface area contributed by atoms with Gasteiger partial charge in [0, 0.05) is 5.56 Å². The molecule has 0 amide bonds. The third-order valence-electron chi connectivity index (χ3n) is 5.58. The fraction of sp³-hybridized carbons (Fsp3) is 0.148. The Bertz CT molecular complexity index is 1380. The Morgan fingerprint density at radius 3 is 2.11 bits per heavy atom. The molecule has 9 heteroatoms. The number of benzene rings is 3. The van der Waals surface area contributed by atoms with Crippen molar-refractivity contribution in [1.82, 2.24) is 9.55 Å². The number of ether oxygens (including phenoxy) is 1. The molecule has 1 atom stereocenters. The Morgan fingerprint density at radius 1 is 0.944 bits per heavy atom. The van der Waals surface area contributed by atoms with Crippen molar-refractivity contribution < 1.29 is 23.1 Å². The lowest BCUT2D eigenvalue weighted by atomic mass is 9.87. The molecule has 0 fully saturated rings. The molecule has 36 heavy (non-hydrogen) atoms. The van der Waals surface area contributed by atoms with Gasteiger partial charge in [0.05, 0.1) is 34.0 Å². The van der Waals surface area contributed by atoms with E-state index >= 15 is 0 Å². The molecule has 0 bridgehead atoms. The summed E-state index contributed by atoms with van der Waals surface area (Å²) in [5, 5.41) is 0.539. The van der Waals surface area contributed by atoms with Gasteiger partial charge in [0.25, 0.3) is 0 Å². The minimum Gasteiger partial charge on any atom is -0.461 e. The molecule has 0 saturated carbocycles. The molecular formula is C27H20Cl2F2N2O3. The molecule has 1 aromatic heterocycles. The van der Waals surface area contributed by atoms with Crippen LogP contribution in [-0.2, 0) is 11.2 Å². The Hall–Kier alpha value is -3.55. The van der Waals surface area contributed by atoms with E-state index in [1.165, 1.54) is 47.3 Å². The second kappa shape index (κ2) is 11.0. The fourth-order valence-corrected chi connectivity index (χ4v) is 4.51. The van der Waals surface area contributed by atoms with Gasteiger partial charge in [0.1, 0.15) is 18.0 Å². The van der Waals surface area contributed by atoms with Crippen molar-refractivity contribution in [3.8, 4) is 5.69 Å². The zero-order valence-electron chi connectivity index (χ0n) is 19.1. The number of nitrogens with zero attached hydrogens (tertiary/aromatic N) is 2. The van der Waals surface area contributed by atoms with E-state index in [4.69, 9.17) is 27.9 Å². The molecule has 0 N–H and O–H groups in total. The Labute approximate surface area is 216 Å². The van der Waals surface area contributed by atoms with Gasteiger partial charge in [-0.3, -0.25) is 9.36 Å². The number of carbonyl (C=O) groups is 2. The molecule has 0 spiro atoms. The number of carbonyl (C=O) groups excluding carboxylic acids is 2. The highest BCUT2D eigenvalue weighted by atomic mass is 35.5. The van der Waals surface area contributed by atoms with Crippen molar-refractivity contribution in [2.45, 2.75) is 19.3 Å². The normalized spacial score (nSPS) is 11.8. The number of hydrogen-bond acceptors (Lipinski definition) is 4. The van der Waals surface area contributed by atoms with Gasteiger partial charge in [-0.1, -0.05) is 41.4 Å². The van der Waals surface area contributed by atoms with Crippen molar-refractivity contribution >= 4 is 35.0 Å². The lowest BCUT2D eigenvalue weighted by Crippen LogP contribution is -2.22. The van der Waals surface area contributed by atoms with Crippen molar-refractivity contribution in [1.29, 1.82) is 0 Å². The van der Waals surface area contributed by atoms with Crippen molar-refractivity contribution in [2.75, 3.05) is 6.61 Å². The van der Waals surface area contributed by atoms with Crippen molar-refractivity contribution in [2.24, 2.45) is 0 Å². The second-order valence-corrected chi connectivity index (χ2v) is 8.71. The third kappa shape index (κ3) is 5.32. The van der Waals surface area contributed by atoms with E-state index in [2.05, 4.69) is 4.98 Å². The Morgan fingerprint density at radius 2 is 1.53 bits per heavy atom. The van der Waals surface area contributed by atoms with Gasteiger partial charge in [-0.25, -0.2) is 18.6 Å². The summed E-state index contributed by atoms with van der Waals surface area (Å²) in [6, 6.07) is 15.6. The summed E-state index contributed by atoms with van der Waals surface area (Å²) in [4.78, 5) is 31.0. The van der Waals surface area contributed by atoms with E-state index in [0.717, 1.165) is 0 Å². The minimum absolute atomic E-state index is 0.0800. The first-order valence-corrected chi connectivity index (χ1v) is 11.8. The van der Waals surface area contributed by atoms with Gasteiger partial charge in [-0.05, 0) is 67.4 Å². The molecule has 5 nitrogen and oxygen atoms in total. The number of ketones is 1. The Balaban J connectivity index is 1.95. The van der Waals surface area contributed by atoms with Gasteiger partial charge in [0.15, 0.2) is 11.5 Å². The summed E-state index contributed by atoms with van der Waals surface area (Å²) in [7, 11) is 0. The molecule has 4 rings (SSSR count). The zero-order chi connectivity index (χ0) is 25.8. The van der Waals surface area contributed by atoms with E-state index in [-0.39, 0.29) is 40.0 Å². The summed E-state index contributed by atoms with van der Waals surface area (Å²) in [6.07, 6.45) is 1.43. The molecule has 1 unspecified atom stereocenters. The topological polar surface area (TPSA) is 61.2 Å². The van der Waals surface area contributed by atoms with Crippen LogP contribution >= 0.6 is 23.2 Å². The summed E-state index contributed by atoms with van der Waals surface area (Å²) in [5.41, 5.74) is 1.29. The number of hydrogen-bond donors (Lipinski definition) is 0. The number of halogens is 4. The first-order chi connectivity index (χ1) is 17.3. The largest absolute Gasteiger partial charge is 0.461 e. The van der Waals surface area contributed by atoms with Gasteiger partial charge in [0.2, 0.25) is 0 Å². The lowest BCUT2D eigenvalue weighted by molar-refractivity contribution is 0.0518. The predicted molar refractivity (Wildman–Crippen MR) is 133 cm³/mol.